The fourth-order valence-corrected chi connectivity index (χ4v) is 2.70. The lowest BCUT2D eigenvalue weighted by Gasteiger charge is -2.13. The molecule has 0 aliphatic carbocycles. The highest BCUT2D eigenvalue weighted by molar-refractivity contribution is 9.09. The first kappa shape index (κ1) is 15.0. The number of unbranched alkanes of at least 4 members (excludes halogenated alkanes) is 2. The second kappa shape index (κ2) is 7.43. The van der Waals surface area contributed by atoms with E-state index in [1.807, 2.05) is 30.3 Å². The van der Waals surface area contributed by atoms with Crippen LogP contribution in [0.1, 0.15) is 31.2 Å². The number of nitrogens with zero attached hydrogens (tertiary/aromatic N) is 1. The predicted octanol–water partition coefficient (Wildman–Crippen LogP) is 3.06. The number of urea groups is 1. The zero-order valence-corrected chi connectivity index (χ0v) is 12.9. The van der Waals surface area contributed by atoms with Gasteiger partial charge in [-0.3, -0.25) is 9.69 Å². The summed E-state index contributed by atoms with van der Waals surface area (Å²) in [6.07, 6.45) is 3.86. The molecule has 0 aromatic heterocycles. The topological polar surface area (TPSA) is 49.4 Å². The maximum absolute atomic E-state index is 12.2. The highest BCUT2D eigenvalue weighted by Gasteiger charge is 2.37. The summed E-state index contributed by atoms with van der Waals surface area (Å²) in [7, 11) is 0. The van der Waals surface area contributed by atoms with Crippen LogP contribution in [0.2, 0.25) is 0 Å². The molecule has 2 rings (SSSR count). The van der Waals surface area contributed by atoms with E-state index in [-0.39, 0.29) is 18.0 Å². The second-order valence-corrected chi connectivity index (χ2v) is 5.74. The number of benzene rings is 1. The van der Waals surface area contributed by atoms with Gasteiger partial charge in [0.1, 0.15) is 6.04 Å². The molecule has 108 valence electrons. The molecule has 1 heterocycles. The van der Waals surface area contributed by atoms with Gasteiger partial charge in [-0.05, 0) is 18.4 Å². The smallest absolute Gasteiger partial charge is 0.325 e. The molecular weight excluding hydrogens is 320 g/mol. The number of amides is 3. The Kier molecular flexibility index (Phi) is 5.59. The van der Waals surface area contributed by atoms with Gasteiger partial charge in [-0.25, -0.2) is 4.79 Å². The molecule has 0 bridgehead atoms. The van der Waals surface area contributed by atoms with Gasteiger partial charge in [0.2, 0.25) is 0 Å². The number of carbonyl (C=O) groups is 2. The molecule has 1 N–H and O–H groups in total. The van der Waals surface area contributed by atoms with E-state index in [4.69, 9.17) is 0 Å². The third-order valence-electron chi connectivity index (χ3n) is 3.42. The molecule has 20 heavy (non-hydrogen) atoms. The summed E-state index contributed by atoms with van der Waals surface area (Å²) >= 11 is 3.39. The first-order valence-corrected chi connectivity index (χ1v) is 8.06. The van der Waals surface area contributed by atoms with Crippen LogP contribution >= 0.6 is 15.9 Å². The number of hydrogen-bond acceptors (Lipinski definition) is 2. The van der Waals surface area contributed by atoms with Crippen molar-refractivity contribution in [1.29, 1.82) is 0 Å². The lowest BCUT2D eigenvalue weighted by atomic mass is 10.1. The number of nitrogens with one attached hydrogen (secondary N) is 1. The van der Waals surface area contributed by atoms with Gasteiger partial charge in [0.15, 0.2) is 0 Å². The summed E-state index contributed by atoms with van der Waals surface area (Å²) in [5.41, 5.74) is 0.968. The van der Waals surface area contributed by atoms with E-state index in [2.05, 4.69) is 21.2 Å². The molecule has 0 radical (unpaired) electrons. The van der Waals surface area contributed by atoms with Gasteiger partial charge in [0.25, 0.3) is 5.91 Å². The third-order valence-corrected chi connectivity index (χ3v) is 3.98. The van der Waals surface area contributed by atoms with Crippen molar-refractivity contribution in [3.05, 3.63) is 35.9 Å². The van der Waals surface area contributed by atoms with Crippen LogP contribution in [-0.2, 0) is 11.3 Å². The van der Waals surface area contributed by atoms with Crippen LogP contribution in [0.15, 0.2) is 30.3 Å². The van der Waals surface area contributed by atoms with E-state index in [0.29, 0.717) is 6.54 Å². The monoisotopic (exact) mass is 338 g/mol. The van der Waals surface area contributed by atoms with Crippen molar-refractivity contribution >= 4 is 27.9 Å². The van der Waals surface area contributed by atoms with Crippen LogP contribution in [0.25, 0.3) is 0 Å². The Morgan fingerprint density at radius 1 is 1.10 bits per heavy atom. The standard InChI is InChI=1S/C15H19BrN2O2/c16-10-6-2-5-9-13-14(19)18(15(20)17-13)11-12-7-3-1-4-8-12/h1,3-4,7-8,13H,2,5-6,9-11H2,(H,17,20)/t13-/m0/s1. The first-order valence-electron chi connectivity index (χ1n) is 6.94. The molecule has 1 atom stereocenters. The van der Waals surface area contributed by atoms with Crippen molar-refractivity contribution in [2.24, 2.45) is 0 Å². The van der Waals surface area contributed by atoms with Crippen molar-refractivity contribution < 1.29 is 9.59 Å². The van der Waals surface area contributed by atoms with E-state index in [0.717, 1.165) is 36.6 Å². The van der Waals surface area contributed by atoms with Gasteiger partial charge in [-0.2, -0.15) is 0 Å². The van der Waals surface area contributed by atoms with Crippen LogP contribution in [0, 0.1) is 0 Å². The Balaban J connectivity index is 1.88. The Hall–Kier alpha value is -1.36. The Morgan fingerprint density at radius 2 is 1.85 bits per heavy atom. The van der Waals surface area contributed by atoms with Crippen LogP contribution in [0.4, 0.5) is 4.79 Å². The number of carbonyl (C=O) groups excluding carboxylic acids is 2. The quantitative estimate of drug-likeness (QED) is 0.472. The molecule has 0 spiro atoms. The summed E-state index contributed by atoms with van der Waals surface area (Å²) in [4.78, 5) is 25.4. The molecule has 0 saturated carbocycles. The van der Waals surface area contributed by atoms with Crippen LogP contribution in [0.3, 0.4) is 0 Å². The van der Waals surface area contributed by atoms with Gasteiger partial charge in [0, 0.05) is 5.33 Å². The molecule has 4 nitrogen and oxygen atoms in total. The summed E-state index contributed by atoms with van der Waals surface area (Å²) in [6, 6.07) is 8.96. The van der Waals surface area contributed by atoms with Gasteiger partial charge in [-0.15, -0.1) is 0 Å². The van der Waals surface area contributed by atoms with Crippen molar-refractivity contribution in [2.45, 2.75) is 38.3 Å². The summed E-state index contributed by atoms with van der Waals surface area (Å²) in [6.45, 7) is 0.351. The van der Waals surface area contributed by atoms with Crippen molar-refractivity contribution in [3.8, 4) is 0 Å². The molecule has 1 aromatic rings. The van der Waals surface area contributed by atoms with Crippen molar-refractivity contribution in [1.82, 2.24) is 10.2 Å². The Morgan fingerprint density at radius 3 is 2.55 bits per heavy atom. The fourth-order valence-electron chi connectivity index (χ4n) is 2.31. The van der Waals surface area contributed by atoms with E-state index in [1.54, 1.807) is 0 Å². The Labute approximate surface area is 127 Å². The number of halogens is 1. The second-order valence-electron chi connectivity index (χ2n) is 4.95. The number of alkyl halides is 1. The third kappa shape index (κ3) is 3.82. The van der Waals surface area contributed by atoms with Crippen LogP contribution < -0.4 is 5.32 Å². The van der Waals surface area contributed by atoms with Crippen LogP contribution in [-0.4, -0.2) is 28.2 Å². The molecule has 3 amide bonds. The highest BCUT2D eigenvalue weighted by Crippen LogP contribution is 2.16. The lowest BCUT2D eigenvalue weighted by Crippen LogP contribution is -2.30. The minimum atomic E-state index is -0.346. The molecular formula is C15H19BrN2O2. The van der Waals surface area contributed by atoms with E-state index < -0.39 is 0 Å². The molecule has 1 fully saturated rings. The largest absolute Gasteiger partial charge is 0.326 e. The maximum atomic E-state index is 12.2. The number of imide groups is 1. The first-order chi connectivity index (χ1) is 9.72. The van der Waals surface area contributed by atoms with Crippen molar-refractivity contribution in [2.75, 3.05) is 5.33 Å². The normalized spacial score (nSPS) is 18.4. The summed E-state index contributed by atoms with van der Waals surface area (Å²) in [5, 5.41) is 3.76. The van der Waals surface area contributed by atoms with Gasteiger partial charge in [0.05, 0.1) is 6.54 Å². The minimum absolute atomic E-state index is 0.0994. The average Bonchev–Trinajstić information content (AvgIpc) is 2.72. The fraction of sp³-hybridized carbons (Fsp3) is 0.467. The predicted molar refractivity (Wildman–Crippen MR) is 81.6 cm³/mol. The summed E-state index contributed by atoms with van der Waals surface area (Å²) in [5.74, 6) is -0.0994. The molecule has 0 unspecified atom stereocenters. The van der Waals surface area contributed by atoms with Gasteiger partial charge < -0.3 is 5.32 Å². The number of rotatable bonds is 7. The van der Waals surface area contributed by atoms with Gasteiger partial charge >= 0.3 is 6.03 Å². The molecule has 1 saturated heterocycles. The van der Waals surface area contributed by atoms with Crippen molar-refractivity contribution in [3.63, 3.8) is 0 Å². The Bertz CT molecular complexity index is 464. The van der Waals surface area contributed by atoms with Gasteiger partial charge in [-0.1, -0.05) is 59.1 Å². The maximum Gasteiger partial charge on any atom is 0.325 e. The molecule has 1 aromatic carbocycles. The molecule has 1 aliphatic heterocycles. The lowest BCUT2D eigenvalue weighted by molar-refractivity contribution is -0.128. The number of hydrogen-bond donors (Lipinski definition) is 1. The zero-order chi connectivity index (χ0) is 14.4. The highest BCUT2D eigenvalue weighted by atomic mass is 79.9. The van der Waals surface area contributed by atoms with Crippen LogP contribution in [0.5, 0.6) is 0 Å². The summed E-state index contributed by atoms with van der Waals surface area (Å²) < 4.78 is 0. The molecule has 5 heteroatoms. The van der Waals surface area contributed by atoms with E-state index in [1.165, 1.54) is 4.90 Å². The average molecular weight is 339 g/mol. The van der Waals surface area contributed by atoms with E-state index >= 15 is 0 Å². The molecule has 1 aliphatic rings. The zero-order valence-electron chi connectivity index (χ0n) is 11.3. The SMILES string of the molecule is O=C1N[C@@H](CCCCCBr)C(=O)N1Cc1ccccc1. The van der Waals surface area contributed by atoms with E-state index in [9.17, 15) is 9.59 Å². The minimum Gasteiger partial charge on any atom is -0.326 e.